The molecule has 2 heterocycles. The summed E-state index contributed by atoms with van der Waals surface area (Å²) >= 11 is 1.87. The van der Waals surface area contributed by atoms with Crippen molar-refractivity contribution in [1.29, 1.82) is 0 Å². The molecule has 1 nitrogen and oxygen atoms in total. The molecule has 0 spiro atoms. The van der Waals surface area contributed by atoms with Crippen LogP contribution in [-0.4, -0.2) is 4.98 Å². The van der Waals surface area contributed by atoms with Crippen molar-refractivity contribution in [3.63, 3.8) is 0 Å². The first-order chi connectivity index (χ1) is 14.6. The fraction of sp³-hybridized carbons (Fsp3) is 0.179. The molecule has 0 saturated carbocycles. The molecule has 0 aliphatic heterocycles. The van der Waals surface area contributed by atoms with Gasteiger partial charge in [0.25, 0.3) is 0 Å². The summed E-state index contributed by atoms with van der Waals surface area (Å²) in [6.07, 6.45) is 1.96. The Balaban J connectivity index is 1.66. The monoisotopic (exact) mass is 407 g/mol. The van der Waals surface area contributed by atoms with Crippen LogP contribution in [0.1, 0.15) is 32.3 Å². The summed E-state index contributed by atoms with van der Waals surface area (Å²) in [7, 11) is 0. The normalized spacial score (nSPS) is 12.7. The number of fused-ring (bicyclic) bond motifs is 3. The van der Waals surface area contributed by atoms with Gasteiger partial charge in [-0.2, -0.15) is 0 Å². The van der Waals surface area contributed by atoms with E-state index in [0.29, 0.717) is 11.8 Å². The lowest BCUT2D eigenvalue weighted by Gasteiger charge is -2.16. The van der Waals surface area contributed by atoms with Crippen LogP contribution in [0.4, 0.5) is 0 Å². The Morgan fingerprint density at radius 2 is 1.57 bits per heavy atom. The number of benzene rings is 3. The predicted molar refractivity (Wildman–Crippen MR) is 131 cm³/mol. The zero-order valence-electron chi connectivity index (χ0n) is 17.6. The fourth-order valence-corrected chi connectivity index (χ4v) is 5.34. The highest BCUT2D eigenvalue weighted by atomic mass is 32.1. The van der Waals surface area contributed by atoms with Crippen LogP contribution >= 0.6 is 11.3 Å². The lowest BCUT2D eigenvalue weighted by molar-refractivity contribution is 0.535. The summed E-state index contributed by atoms with van der Waals surface area (Å²) in [6, 6.07) is 28.5. The number of hydrogen-bond donors (Lipinski definition) is 0. The smallest absolute Gasteiger partial charge is 0.0719 e. The van der Waals surface area contributed by atoms with E-state index in [1.807, 2.05) is 17.5 Å². The summed E-state index contributed by atoms with van der Waals surface area (Å²) in [5.41, 5.74) is 6.18. The zero-order valence-corrected chi connectivity index (χ0v) is 18.4. The van der Waals surface area contributed by atoms with Crippen molar-refractivity contribution in [3.8, 4) is 22.4 Å². The summed E-state index contributed by atoms with van der Waals surface area (Å²) in [5.74, 6) is 1.12. The van der Waals surface area contributed by atoms with Gasteiger partial charge in [0, 0.05) is 31.9 Å². The van der Waals surface area contributed by atoms with Crippen LogP contribution in [0.25, 0.3) is 42.6 Å². The van der Waals surface area contributed by atoms with Crippen LogP contribution < -0.4 is 0 Å². The van der Waals surface area contributed by atoms with E-state index >= 15 is 0 Å². The van der Waals surface area contributed by atoms with Gasteiger partial charge in [-0.25, -0.2) is 0 Å². The molecule has 30 heavy (non-hydrogen) atoms. The molecule has 0 saturated heterocycles. The minimum Gasteiger partial charge on any atom is -0.256 e. The molecule has 0 N–H and O–H groups in total. The molecule has 5 rings (SSSR count). The van der Waals surface area contributed by atoms with Crippen LogP contribution in [0.3, 0.4) is 0 Å². The molecule has 148 valence electrons. The third-order valence-electron chi connectivity index (χ3n) is 6.19. The van der Waals surface area contributed by atoms with Crippen molar-refractivity contribution < 1.29 is 0 Å². The predicted octanol–water partition coefficient (Wildman–Crippen LogP) is 8.54. The van der Waals surface area contributed by atoms with Gasteiger partial charge in [-0.3, -0.25) is 4.98 Å². The van der Waals surface area contributed by atoms with Crippen molar-refractivity contribution in [2.45, 2.75) is 26.7 Å². The van der Waals surface area contributed by atoms with Crippen LogP contribution in [0.5, 0.6) is 0 Å². The number of pyridine rings is 1. The van der Waals surface area contributed by atoms with E-state index in [9.17, 15) is 0 Å². The quantitative estimate of drug-likeness (QED) is 0.291. The van der Waals surface area contributed by atoms with Crippen molar-refractivity contribution in [1.82, 2.24) is 4.98 Å². The summed E-state index contributed by atoms with van der Waals surface area (Å²) in [4.78, 5) is 4.74. The van der Waals surface area contributed by atoms with Gasteiger partial charge in [0.05, 0.1) is 5.69 Å². The van der Waals surface area contributed by atoms with Gasteiger partial charge in [0.2, 0.25) is 0 Å². The number of thiophene rings is 1. The first-order valence-corrected chi connectivity index (χ1v) is 11.4. The highest BCUT2D eigenvalue weighted by molar-refractivity contribution is 7.26. The summed E-state index contributed by atoms with van der Waals surface area (Å²) < 4.78 is 2.64. The van der Waals surface area contributed by atoms with Crippen molar-refractivity contribution in [3.05, 3.63) is 90.6 Å². The largest absolute Gasteiger partial charge is 0.256 e. The molecule has 0 aliphatic carbocycles. The second kappa shape index (κ2) is 7.70. The number of nitrogens with zero attached hydrogens (tertiary/aromatic N) is 1. The van der Waals surface area contributed by atoms with Crippen molar-refractivity contribution >= 4 is 31.5 Å². The lowest BCUT2D eigenvalue weighted by Crippen LogP contribution is -2.02. The Hall–Kier alpha value is -2.97. The SMILES string of the molecule is CC(C)C(C)c1ccnc(-c2cccc3c2sc2cc(-c4ccccc4)ccc23)c1. The standard InChI is InChI=1S/C28H25NS/c1-18(2)19(3)21-14-15-29-26(16-21)25-11-7-10-24-23-13-12-22(17-27(23)30-28(24)25)20-8-5-4-6-9-20/h4-19H,1-3H3. The molecule has 5 aromatic rings. The molecular formula is C28H25NS. The molecule has 0 radical (unpaired) electrons. The van der Waals surface area contributed by atoms with E-state index in [0.717, 1.165) is 5.69 Å². The van der Waals surface area contributed by atoms with Crippen LogP contribution in [0, 0.1) is 5.92 Å². The molecule has 2 heteroatoms. The van der Waals surface area contributed by atoms with Gasteiger partial charge in [0.1, 0.15) is 0 Å². The average molecular weight is 408 g/mol. The maximum atomic E-state index is 4.74. The Bertz CT molecular complexity index is 1330. The fourth-order valence-electron chi connectivity index (χ4n) is 4.07. The van der Waals surface area contributed by atoms with E-state index in [1.54, 1.807) is 0 Å². The molecule has 3 aromatic carbocycles. The first-order valence-electron chi connectivity index (χ1n) is 10.6. The molecule has 0 bridgehead atoms. The Kier molecular flexibility index (Phi) is 4.88. The molecule has 0 amide bonds. The lowest BCUT2D eigenvalue weighted by atomic mass is 9.90. The van der Waals surface area contributed by atoms with Crippen LogP contribution in [-0.2, 0) is 0 Å². The zero-order chi connectivity index (χ0) is 20.7. The van der Waals surface area contributed by atoms with Crippen molar-refractivity contribution in [2.75, 3.05) is 0 Å². The Morgan fingerprint density at radius 1 is 0.733 bits per heavy atom. The minimum atomic E-state index is 0.516. The highest BCUT2D eigenvalue weighted by Crippen LogP contribution is 2.41. The van der Waals surface area contributed by atoms with Gasteiger partial charge in [0.15, 0.2) is 0 Å². The third-order valence-corrected chi connectivity index (χ3v) is 7.39. The molecule has 0 fully saturated rings. The molecule has 0 aliphatic rings. The third kappa shape index (κ3) is 3.32. The van der Waals surface area contributed by atoms with E-state index in [4.69, 9.17) is 4.98 Å². The molecular weight excluding hydrogens is 382 g/mol. The van der Waals surface area contributed by atoms with E-state index in [-0.39, 0.29) is 0 Å². The number of hydrogen-bond acceptors (Lipinski definition) is 2. The number of aromatic nitrogens is 1. The average Bonchev–Trinajstić information content (AvgIpc) is 3.17. The summed E-state index contributed by atoms with van der Waals surface area (Å²) in [5, 5.41) is 2.64. The van der Waals surface area contributed by atoms with Gasteiger partial charge < -0.3 is 0 Å². The maximum Gasteiger partial charge on any atom is 0.0719 e. The minimum absolute atomic E-state index is 0.516. The van der Waals surface area contributed by atoms with Crippen LogP contribution in [0.15, 0.2) is 85.1 Å². The van der Waals surface area contributed by atoms with Gasteiger partial charge in [-0.15, -0.1) is 11.3 Å². The first kappa shape index (κ1) is 19.0. The highest BCUT2D eigenvalue weighted by Gasteiger charge is 2.15. The molecule has 1 atom stereocenters. The van der Waals surface area contributed by atoms with Gasteiger partial charge in [-0.1, -0.05) is 81.4 Å². The van der Waals surface area contributed by atoms with Crippen molar-refractivity contribution in [2.24, 2.45) is 5.92 Å². The Morgan fingerprint density at radius 3 is 2.37 bits per heavy atom. The number of rotatable bonds is 4. The summed E-state index contributed by atoms with van der Waals surface area (Å²) in [6.45, 7) is 6.86. The maximum absolute atomic E-state index is 4.74. The molecule has 1 unspecified atom stereocenters. The van der Waals surface area contributed by atoms with E-state index in [1.165, 1.54) is 42.4 Å². The Labute approximate surface area is 182 Å². The topological polar surface area (TPSA) is 12.9 Å². The van der Waals surface area contributed by atoms with E-state index in [2.05, 4.69) is 99.6 Å². The van der Waals surface area contributed by atoms with Gasteiger partial charge >= 0.3 is 0 Å². The van der Waals surface area contributed by atoms with Crippen LogP contribution in [0.2, 0.25) is 0 Å². The molecule has 2 aromatic heterocycles. The second-order valence-electron chi connectivity index (χ2n) is 8.37. The second-order valence-corrected chi connectivity index (χ2v) is 9.42. The van der Waals surface area contributed by atoms with E-state index < -0.39 is 0 Å². The van der Waals surface area contributed by atoms with Gasteiger partial charge in [-0.05, 0) is 46.7 Å².